The first-order valence-corrected chi connectivity index (χ1v) is 7.54. The van der Waals surface area contributed by atoms with Crippen molar-refractivity contribution in [2.45, 2.75) is 0 Å². The number of allylic oxidation sites excluding steroid dienone is 2. The van der Waals surface area contributed by atoms with Crippen molar-refractivity contribution < 1.29 is 24.4 Å². The third-order valence-electron chi connectivity index (χ3n) is 2.84. The fourth-order valence-corrected chi connectivity index (χ4v) is 2.91. The van der Waals surface area contributed by atoms with E-state index in [1.54, 1.807) is 0 Å². The maximum Gasteiger partial charge on any atom is 0.293 e. The SMILES string of the molecule is O=C([O-])CN1C(=O)S/C(=C\C(Cl)=C\c2ccc([N+](=O)[O-])cc2)C1=O. The molecule has 1 aromatic rings. The number of hydrogen-bond acceptors (Lipinski definition) is 7. The van der Waals surface area contributed by atoms with Crippen LogP contribution < -0.4 is 5.11 Å². The lowest BCUT2D eigenvalue weighted by Gasteiger charge is -2.12. The minimum atomic E-state index is -1.55. The number of nitro benzene ring substituents is 1. The van der Waals surface area contributed by atoms with E-state index in [0.29, 0.717) is 22.2 Å². The number of thioether (sulfide) groups is 1. The zero-order chi connectivity index (χ0) is 17.9. The van der Waals surface area contributed by atoms with E-state index < -0.39 is 28.6 Å². The van der Waals surface area contributed by atoms with E-state index in [9.17, 15) is 29.6 Å². The van der Waals surface area contributed by atoms with Crippen LogP contribution in [0, 0.1) is 10.1 Å². The normalized spacial score (nSPS) is 16.8. The van der Waals surface area contributed by atoms with E-state index in [2.05, 4.69) is 0 Å². The predicted molar refractivity (Wildman–Crippen MR) is 84.7 cm³/mol. The van der Waals surface area contributed by atoms with Gasteiger partial charge in [0.15, 0.2) is 0 Å². The average molecular weight is 368 g/mol. The van der Waals surface area contributed by atoms with Crippen LogP contribution in [0.1, 0.15) is 5.56 Å². The first-order chi connectivity index (χ1) is 11.3. The van der Waals surface area contributed by atoms with Gasteiger partial charge in [-0.15, -0.1) is 0 Å². The monoisotopic (exact) mass is 367 g/mol. The molecule has 0 unspecified atom stereocenters. The molecular formula is C14H8ClN2O6S-. The van der Waals surface area contributed by atoms with Crippen LogP contribution >= 0.6 is 23.4 Å². The van der Waals surface area contributed by atoms with Gasteiger partial charge < -0.3 is 9.90 Å². The van der Waals surface area contributed by atoms with E-state index in [1.807, 2.05) is 0 Å². The molecule has 2 amide bonds. The summed E-state index contributed by atoms with van der Waals surface area (Å²) >= 11 is 6.55. The van der Waals surface area contributed by atoms with Crippen molar-refractivity contribution in [2.24, 2.45) is 0 Å². The highest BCUT2D eigenvalue weighted by atomic mass is 35.5. The number of nitro groups is 1. The number of halogens is 1. The van der Waals surface area contributed by atoms with Gasteiger partial charge in [-0.1, -0.05) is 11.6 Å². The van der Waals surface area contributed by atoms with Crippen LogP contribution in [0.2, 0.25) is 0 Å². The largest absolute Gasteiger partial charge is 0.548 e. The molecule has 0 aliphatic carbocycles. The second-order valence-corrected chi connectivity index (χ2v) is 5.95. The third-order valence-corrected chi connectivity index (χ3v) is 3.96. The molecule has 10 heteroatoms. The lowest BCUT2D eigenvalue weighted by atomic mass is 10.2. The van der Waals surface area contributed by atoms with Crippen LogP contribution in [0.5, 0.6) is 0 Å². The van der Waals surface area contributed by atoms with Crippen molar-refractivity contribution in [1.82, 2.24) is 4.90 Å². The standard InChI is InChI=1S/C14H9ClN2O6S/c15-9(5-8-1-3-10(4-2-8)17(22)23)6-11-13(20)16(7-12(18)19)14(21)24-11/h1-6H,7H2,(H,18,19)/p-1/b9-5-,11-6-. The Morgan fingerprint density at radius 1 is 1.29 bits per heavy atom. The van der Waals surface area contributed by atoms with Gasteiger partial charge in [0, 0.05) is 17.2 Å². The van der Waals surface area contributed by atoms with E-state index >= 15 is 0 Å². The Kier molecular flexibility index (Phi) is 5.37. The fraction of sp³-hybridized carbons (Fsp3) is 0.0714. The van der Waals surface area contributed by atoms with Crippen LogP contribution in [-0.4, -0.2) is 33.5 Å². The summed E-state index contributed by atoms with van der Waals surface area (Å²) in [6.45, 7) is -0.828. The van der Waals surface area contributed by atoms with Crippen molar-refractivity contribution >= 4 is 52.2 Å². The second-order valence-electron chi connectivity index (χ2n) is 4.52. The average Bonchev–Trinajstić information content (AvgIpc) is 2.75. The number of carbonyl (C=O) groups is 3. The second kappa shape index (κ2) is 7.28. The van der Waals surface area contributed by atoms with Crippen LogP contribution in [0.3, 0.4) is 0 Å². The van der Waals surface area contributed by atoms with Gasteiger partial charge in [-0.05, 0) is 41.6 Å². The summed E-state index contributed by atoms with van der Waals surface area (Å²) in [5.41, 5.74) is 0.475. The van der Waals surface area contributed by atoms with Crippen molar-refractivity contribution in [3.05, 3.63) is 56.0 Å². The topological polar surface area (TPSA) is 121 Å². The van der Waals surface area contributed by atoms with E-state index in [1.165, 1.54) is 36.4 Å². The number of benzene rings is 1. The van der Waals surface area contributed by atoms with E-state index in [4.69, 9.17) is 11.6 Å². The maximum atomic E-state index is 11.9. The molecule has 1 saturated heterocycles. The van der Waals surface area contributed by atoms with Crippen molar-refractivity contribution in [2.75, 3.05) is 6.54 Å². The molecular weight excluding hydrogens is 360 g/mol. The van der Waals surface area contributed by atoms with Crippen molar-refractivity contribution in [1.29, 1.82) is 0 Å². The van der Waals surface area contributed by atoms with Crippen LogP contribution in [0.25, 0.3) is 6.08 Å². The molecule has 24 heavy (non-hydrogen) atoms. The number of carboxylic acids is 1. The number of carbonyl (C=O) groups excluding carboxylic acids is 3. The fourth-order valence-electron chi connectivity index (χ4n) is 1.78. The van der Waals surface area contributed by atoms with Gasteiger partial charge in [-0.2, -0.15) is 0 Å². The molecule has 8 nitrogen and oxygen atoms in total. The Morgan fingerprint density at radius 2 is 1.92 bits per heavy atom. The summed E-state index contributed by atoms with van der Waals surface area (Å²) < 4.78 is 0. The number of rotatable bonds is 5. The number of imide groups is 1. The molecule has 1 heterocycles. The van der Waals surface area contributed by atoms with Crippen LogP contribution in [-0.2, 0) is 9.59 Å². The molecule has 1 aliphatic heterocycles. The lowest BCUT2D eigenvalue weighted by Crippen LogP contribution is -2.40. The van der Waals surface area contributed by atoms with E-state index in [0.717, 1.165) is 0 Å². The first kappa shape index (κ1) is 17.7. The molecule has 1 aliphatic rings. The number of non-ortho nitro benzene ring substituents is 1. The predicted octanol–water partition coefficient (Wildman–Crippen LogP) is 1.50. The summed E-state index contributed by atoms with van der Waals surface area (Å²) in [4.78, 5) is 44.6. The Balaban J connectivity index is 2.18. The molecule has 2 rings (SSSR count). The molecule has 0 N–H and O–H groups in total. The number of carboxylic acid groups (broad SMARTS) is 1. The highest BCUT2D eigenvalue weighted by Gasteiger charge is 2.34. The summed E-state index contributed by atoms with van der Waals surface area (Å²) in [6, 6.07) is 5.53. The van der Waals surface area contributed by atoms with Crippen LogP contribution in [0.4, 0.5) is 10.5 Å². The Labute approximate surface area is 144 Å². The Hall–Kier alpha value is -2.65. The Bertz CT molecular complexity index is 787. The molecule has 0 saturated carbocycles. The molecule has 0 bridgehead atoms. The first-order valence-electron chi connectivity index (χ1n) is 6.35. The summed E-state index contributed by atoms with van der Waals surface area (Å²) in [5.74, 6) is -2.32. The zero-order valence-corrected chi connectivity index (χ0v) is 13.4. The highest BCUT2D eigenvalue weighted by Crippen LogP contribution is 2.32. The minimum absolute atomic E-state index is 0.0237. The van der Waals surface area contributed by atoms with Gasteiger partial charge in [0.1, 0.15) is 0 Å². The summed E-state index contributed by atoms with van der Waals surface area (Å²) in [6.07, 6.45) is 2.67. The van der Waals surface area contributed by atoms with Crippen molar-refractivity contribution in [3.8, 4) is 0 Å². The van der Waals surface area contributed by atoms with Gasteiger partial charge >= 0.3 is 0 Å². The van der Waals surface area contributed by atoms with Gasteiger partial charge in [0.05, 0.1) is 22.3 Å². The molecule has 0 radical (unpaired) electrons. The summed E-state index contributed by atoms with van der Waals surface area (Å²) in [7, 11) is 0. The smallest absolute Gasteiger partial charge is 0.293 e. The van der Waals surface area contributed by atoms with Gasteiger partial charge in [-0.3, -0.25) is 24.6 Å². The number of hydrogen-bond donors (Lipinski definition) is 0. The lowest BCUT2D eigenvalue weighted by molar-refractivity contribution is -0.384. The number of amides is 2. The zero-order valence-electron chi connectivity index (χ0n) is 11.8. The number of aliphatic carboxylic acids is 1. The maximum absolute atomic E-state index is 11.9. The minimum Gasteiger partial charge on any atom is -0.548 e. The molecule has 124 valence electrons. The quantitative estimate of drug-likeness (QED) is 0.439. The molecule has 0 aromatic heterocycles. The van der Waals surface area contributed by atoms with Crippen LogP contribution in [0.15, 0.2) is 40.3 Å². The third kappa shape index (κ3) is 4.21. The van der Waals surface area contributed by atoms with Gasteiger partial charge in [0.2, 0.25) is 0 Å². The molecule has 0 spiro atoms. The van der Waals surface area contributed by atoms with Gasteiger partial charge in [0.25, 0.3) is 16.8 Å². The van der Waals surface area contributed by atoms with Crippen molar-refractivity contribution in [3.63, 3.8) is 0 Å². The molecule has 1 fully saturated rings. The Morgan fingerprint density at radius 3 is 2.46 bits per heavy atom. The highest BCUT2D eigenvalue weighted by molar-refractivity contribution is 8.18. The number of nitrogens with zero attached hydrogens (tertiary/aromatic N) is 2. The van der Waals surface area contributed by atoms with E-state index in [-0.39, 0.29) is 15.6 Å². The molecule has 0 atom stereocenters. The molecule has 1 aromatic carbocycles. The van der Waals surface area contributed by atoms with Gasteiger partial charge in [-0.25, -0.2) is 0 Å². The summed E-state index contributed by atoms with van der Waals surface area (Å²) in [5, 5.41) is 20.5.